The van der Waals surface area contributed by atoms with Crippen LogP contribution in [0.5, 0.6) is 5.75 Å². The molecule has 1 aliphatic heterocycles. The zero-order valence-electron chi connectivity index (χ0n) is 17.4. The molecule has 1 aliphatic carbocycles. The van der Waals surface area contributed by atoms with Gasteiger partial charge < -0.3 is 9.84 Å². The van der Waals surface area contributed by atoms with Gasteiger partial charge in [-0.15, -0.1) is 0 Å². The van der Waals surface area contributed by atoms with Gasteiger partial charge in [-0.3, -0.25) is 4.90 Å². The summed E-state index contributed by atoms with van der Waals surface area (Å²) in [5.41, 5.74) is 1.61. The number of piperidine rings is 1. The van der Waals surface area contributed by atoms with Crippen LogP contribution in [0.4, 0.5) is 4.39 Å². The summed E-state index contributed by atoms with van der Waals surface area (Å²) in [6.07, 6.45) is 4.04. The van der Waals surface area contributed by atoms with Gasteiger partial charge in [0.1, 0.15) is 11.6 Å². The van der Waals surface area contributed by atoms with Crippen molar-refractivity contribution in [1.29, 1.82) is 0 Å². The average molecular weight is 466 g/mol. The summed E-state index contributed by atoms with van der Waals surface area (Å²) in [6.45, 7) is 4.31. The Labute approximate surface area is 191 Å². The van der Waals surface area contributed by atoms with E-state index in [1.165, 1.54) is 12.1 Å². The van der Waals surface area contributed by atoms with Crippen LogP contribution in [0.25, 0.3) is 0 Å². The fraction of sp³-hybridized carbons (Fsp3) is 0.458. The van der Waals surface area contributed by atoms with Crippen molar-refractivity contribution in [2.24, 2.45) is 5.92 Å². The Morgan fingerprint density at radius 1 is 1.13 bits per heavy atom. The molecule has 2 fully saturated rings. The van der Waals surface area contributed by atoms with E-state index < -0.39 is 11.8 Å². The van der Waals surface area contributed by atoms with E-state index in [9.17, 15) is 14.3 Å². The molecule has 1 saturated heterocycles. The Bertz CT molecular complexity index is 959. The molecule has 2 aromatic carbocycles. The number of halogens is 3. The third-order valence-corrected chi connectivity index (χ3v) is 6.67. The lowest BCUT2D eigenvalue weighted by molar-refractivity contribution is 0.0691. The number of likely N-dealkylation sites (tertiary alicyclic amines) is 1. The van der Waals surface area contributed by atoms with E-state index >= 15 is 0 Å². The second kappa shape index (κ2) is 9.35. The summed E-state index contributed by atoms with van der Waals surface area (Å²) < 4.78 is 20.3. The lowest BCUT2D eigenvalue weighted by Crippen LogP contribution is -2.42. The highest BCUT2D eigenvalue weighted by Crippen LogP contribution is 2.45. The number of ether oxygens (including phenoxy) is 1. The van der Waals surface area contributed by atoms with Crippen molar-refractivity contribution in [3.63, 3.8) is 0 Å². The predicted molar refractivity (Wildman–Crippen MR) is 120 cm³/mol. The monoisotopic (exact) mass is 465 g/mol. The van der Waals surface area contributed by atoms with E-state index in [0.29, 0.717) is 34.4 Å². The maximum Gasteiger partial charge on any atom is 0.338 e. The maximum atomic E-state index is 14.3. The molecular weight excluding hydrogens is 440 g/mol. The molecule has 4 nitrogen and oxygen atoms in total. The van der Waals surface area contributed by atoms with Crippen molar-refractivity contribution >= 4 is 29.2 Å². The molecule has 7 heteroatoms. The number of benzene rings is 2. The van der Waals surface area contributed by atoms with Crippen molar-refractivity contribution in [2.75, 3.05) is 13.2 Å². The fourth-order valence-corrected chi connectivity index (χ4v) is 4.91. The first-order valence-corrected chi connectivity index (χ1v) is 11.4. The Hall–Kier alpha value is -1.82. The number of carbonyl (C=O) groups is 1. The molecule has 1 saturated carbocycles. The third kappa shape index (κ3) is 5.51. The largest absolute Gasteiger partial charge is 0.493 e. The van der Waals surface area contributed by atoms with Gasteiger partial charge in [0.25, 0.3) is 0 Å². The van der Waals surface area contributed by atoms with Gasteiger partial charge in [-0.2, -0.15) is 0 Å². The summed E-state index contributed by atoms with van der Waals surface area (Å²) >= 11 is 12.3. The van der Waals surface area contributed by atoms with E-state index in [2.05, 4.69) is 11.8 Å². The Kier molecular flexibility index (Phi) is 6.75. The minimum atomic E-state index is -1.25. The topological polar surface area (TPSA) is 49.8 Å². The van der Waals surface area contributed by atoms with Gasteiger partial charge in [0.2, 0.25) is 0 Å². The molecule has 1 heterocycles. The summed E-state index contributed by atoms with van der Waals surface area (Å²) in [6, 6.07) is 8.74. The molecule has 31 heavy (non-hydrogen) atoms. The van der Waals surface area contributed by atoms with Crippen LogP contribution < -0.4 is 4.74 Å². The van der Waals surface area contributed by atoms with Crippen molar-refractivity contribution in [3.8, 4) is 5.75 Å². The smallest absolute Gasteiger partial charge is 0.338 e. The van der Waals surface area contributed by atoms with Gasteiger partial charge >= 0.3 is 5.97 Å². The Morgan fingerprint density at radius 2 is 1.84 bits per heavy atom. The Balaban J connectivity index is 1.43. The van der Waals surface area contributed by atoms with Crippen LogP contribution in [0.15, 0.2) is 30.3 Å². The zero-order chi connectivity index (χ0) is 22.1. The zero-order valence-corrected chi connectivity index (χ0v) is 18.9. The van der Waals surface area contributed by atoms with Gasteiger partial charge in [0, 0.05) is 41.2 Å². The Morgan fingerprint density at radius 3 is 2.48 bits per heavy atom. The van der Waals surface area contributed by atoms with Crippen LogP contribution in [-0.2, 0) is 6.54 Å². The maximum absolute atomic E-state index is 14.3. The standard InChI is InChI=1S/C24H26Cl2FNO3/c1-14-2-3-15(11-28(14)12-16-6-18(25)8-19(26)7-16)13-31-23-10-22(27)21(24(29)30)9-20(23)17-4-5-17/h6-10,14-15,17H,2-5,11-13H2,1H3,(H,29,30)/t14-,15-/m1/s1. The second-order valence-electron chi connectivity index (χ2n) is 8.76. The number of carboxylic acids is 1. The quantitative estimate of drug-likeness (QED) is 0.514. The number of rotatable bonds is 7. The highest BCUT2D eigenvalue weighted by molar-refractivity contribution is 6.34. The highest BCUT2D eigenvalue weighted by Gasteiger charge is 2.31. The van der Waals surface area contributed by atoms with E-state index in [1.807, 2.05) is 12.1 Å². The van der Waals surface area contributed by atoms with Crippen molar-refractivity contribution in [3.05, 3.63) is 62.9 Å². The number of carboxylic acid groups (broad SMARTS) is 1. The lowest BCUT2D eigenvalue weighted by atomic mass is 9.93. The molecule has 166 valence electrons. The fourth-order valence-electron chi connectivity index (χ4n) is 4.34. The summed E-state index contributed by atoms with van der Waals surface area (Å²) in [5, 5.41) is 10.5. The molecule has 1 N–H and O–H groups in total. The minimum Gasteiger partial charge on any atom is -0.493 e. The van der Waals surface area contributed by atoms with Crippen LogP contribution in [0.1, 0.15) is 60.0 Å². The minimum absolute atomic E-state index is 0.268. The van der Waals surface area contributed by atoms with Crippen molar-refractivity contribution < 1.29 is 19.0 Å². The average Bonchev–Trinajstić information content (AvgIpc) is 3.52. The van der Waals surface area contributed by atoms with E-state index in [0.717, 1.165) is 49.9 Å². The van der Waals surface area contributed by atoms with Crippen LogP contribution in [0.2, 0.25) is 10.0 Å². The highest BCUT2D eigenvalue weighted by atomic mass is 35.5. The van der Waals surface area contributed by atoms with Crippen LogP contribution in [0.3, 0.4) is 0 Å². The van der Waals surface area contributed by atoms with Crippen molar-refractivity contribution in [1.82, 2.24) is 4.90 Å². The lowest BCUT2D eigenvalue weighted by Gasteiger charge is -2.38. The molecule has 4 rings (SSSR count). The van der Waals surface area contributed by atoms with Crippen molar-refractivity contribution in [2.45, 2.75) is 51.1 Å². The molecule has 2 atom stereocenters. The van der Waals surface area contributed by atoms with Crippen LogP contribution in [-0.4, -0.2) is 35.2 Å². The molecule has 0 radical (unpaired) electrons. The van der Waals surface area contributed by atoms with Gasteiger partial charge in [0.05, 0.1) is 12.2 Å². The van der Waals surface area contributed by atoms with Crippen LogP contribution >= 0.6 is 23.2 Å². The molecule has 0 bridgehead atoms. The third-order valence-electron chi connectivity index (χ3n) is 6.24. The molecule has 0 aromatic heterocycles. The molecule has 0 amide bonds. The predicted octanol–water partition coefficient (Wildman–Crippen LogP) is 6.39. The summed E-state index contributed by atoms with van der Waals surface area (Å²) in [5.74, 6) is -0.936. The molecule has 2 aromatic rings. The normalized spacial score (nSPS) is 21.8. The first-order valence-electron chi connectivity index (χ1n) is 10.7. The molecular formula is C24H26Cl2FNO3. The summed E-state index contributed by atoms with van der Waals surface area (Å²) in [4.78, 5) is 13.7. The molecule has 0 spiro atoms. The molecule has 2 aliphatic rings. The number of hydrogen-bond donors (Lipinski definition) is 1. The van der Waals surface area contributed by atoms with Gasteiger partial charge in [-0.25, -0.2) is 9.18 Å². The van der Waals surface area contributed by atoms with Gasteiger partial charge in [0.15, 0.2) is 0 Å². The van der Waals surface area contributed by atoms with E-state index in [-0.39, 0.29) is 11.5 Å². The second-order valence-corrected chi connectivity index (χ2v) is 9.63. The number of nitrogens with zero attached hydrogens (tertiary/aromatic N) is 1. The van der Waals surface area contributed by atoms with Gasteiger partial charge in [-0.05, 0) is 73.9 Å². The molecule has 0 unspecified atom stereocenters. The summed E-state index contributed by atoms with van der Waals surface area (Å²) in [7, 11) is 0. The van der Waals surface area contributed by atoms with E-state index in [4.69, 9.17) is 27.9 Å². The SMILES string of the molecule is C[C@@H]1CC[C@@H](COc2cc(F)c(C(=O)O)cc2C2CC2)CN1Cc1cc(Cl)cc(Cl)c1. The van der Waals surface area contributed by atoms with Crippen LogP contribution in [0, 0.1) is 11.7 Å². The first-order chi connectivity index (χ1) is 14.8. The number of hydrogen-bond acceptors (Lipinski definition) is 3. The first kappa shape index (κ1) is 22.4. The van der Waals surface area contributed by atoms with Gasteiger partial charge in [-0.1, -0.05) is 23.2 Å². The van der Waals surface area contributed by atoms with E-state index in [1.54, 1.807) is 6.07 Å². The number of aromatic carboxylic acids is 1.